The van der Waals surface area contributed by atoms with Gasteiger partial charge in [0.15, 0.2) is 0 Å². The molecule has 3 N–H and O–H groups in total. The predicted molar refractivity (Wildman–Crippen MR) is 108 cm³/mol. The molecule has 6 nitrogen and oxygen atoms in total. The highest BCUT2D eigenvalue weighted by Gasteiger charge is 2.22. The summed E-state index contributed by atoms with van der Waals surface area (Å²) in [5, 5.41) is 8.18. The second-order valence-corrected chi connectivity index (χ2v) is 7.06. The molecule has 0 aliphatic heterocycles. The maximum absolute atomic E-state index is 12.6. The Kier molecular flexibility index (Phi) is 6.42. The molecule has 0 radical (unpaired) electrons. The van der Waals surface area contributed by atoms with Crippen LogP contribution in [0.1, 0.15) is 47.2 Å². The van der Waals surface area contributed by atoms with Crippen LogP contribution in [0.5, 0.6) is 0 Å². The predicted octanol–water partition coefficient (Wildman–Crippen LogP) is 2.92. The lowest BCUT2D eigenvalue weighted by Crippen LogP contribution is -2.40. The summed E-state index contributed by atoms with van der Waals surface area (Å²) in [5.74, 6) is -1.73. The molecule has 3 amide bonds. The van der Waals surface area contributed by atoms with Crippen LogP contribution in [-0.4, -0.2) is 23.8 Å². The van der Waals surface area contributed by atoms with Crippen LogP contribution < -0.4 is 16.0 Å². The maximum atomic E-state index is 12.6. The molecule has 0 atom stereocenters. The summed E-state index contributed by atoms with van der Waals surface area (Å²) in [6.07, 6.45) is 3.93. The molecule has 1 aliphatic carbocycles. The molecule has 3 rings (SSSR count). The molecule has 0 bridgehead atoms. The lowest BCUT2D eigenvalue weighted by molar-refractivity contribution is -0.136. The highest BCUT2D eigenvalue weighted by atomic mass is 16.2. The molecule has 0 saturated heterocycles. The van der Waals surface area contributed by atoms with Gasteiger partial charge in [-0.25, -0.2) is 0 Å². The molecule has 6 heteroatoms. The van der Waals surface area contributed by atoms with Crippen LogP contribution in [0.4, 0.5) is 5.69 Å². The van der Waals surface area contributed by atoms with Crippen molar-refractivity contribution in [1.29, 1.82) is 0 Å². The zero-order valence-corrected chi connectivity index (χ0v) is 16.0. The number of carbonyl (C=O) groups is 3. The minimum absolute atomic E-state index is 0.0610. The van der Waals surface area contributed by atoms with Crippen LogP contribution >= 0.6 is 0 Å². The van der Waals surface area contributed by atoms with E-state index < -0.39 is 11.8 Å². The highest BCUT2D eigenvalue weighted by Crippen LogP contribution is 2.18. The average molecular weight is 379 g/mol. The Morgan fingerprint density at radius 1 is 0.929 bits per heavy atom. The molecule has 2 aromatic carbocycles. The quantitative estimate of drug-likeness (QED) is 0.698. The van der Waals surface area contributed by atoms with Crippen LogP contribution in [0.3, 0.4) is 0 Å². The van der Waals surface area contributed by atoms with Gasteiger partial charge in [-0.15, -0.1) is 0 Å². The number of hydrogen-bond acceptors (Lipinski definition) is 3. The van der Waals surface area contributed by atoms with Gasteiger partial charge in [0.05, 0.1) is 11.3 Å². The summed E-state index contributed by atoms with van der Waals surface area (Å²) in [7, 11) is 0. The number of amides is 3. The van der Waals surface area contributed by atoms with Crippen molar-refractivity contribution in [2.24, 2.45) is 0 Å². The van der Waals surface area contributed by atoms with Crippen LogP contribution in [-0.2, 0) is 16.1 Å². The van der Waals surface area contributed by atoms with E-state index in [1.165, 1.54) is 0 Å². The molecule has 1 aliphatic rings. The van der Waals surface area contributed by atoms with Gasteiger partial charge >= 0.3 is 11.8 Å². The Morgan fingerprint density at radius 2 is 1.61 bits per heavy atom. The smallest absolute Gasteiger partial charge is 0.313 e. The summed E-state index contributed by atoms with van der Waals surface area (Å²) >= 11 is 0. The average Bonchev–Trinajstić information content (AvgIpc) is 3.20. The molecule has 2 aromatic rings. The van der Waals surface area contributed by atoms with Gasteiger partial charge in [0.2, 0.25) is 0 Å². The Bertz CT molecular complexity index is 873. The van der Waals surface area contributed by atoms with Gasteiger partial charge in [-0.1, -0.05) is 49.2 Å². The number of carbonyl (C=O) groups excluding carboxylic acids is 3. The largest absolute Gasteiger partial charge is 0.348 e. The Balaban J connectivity index is 1.63. The summed E-state index contributed by atoms with van der Waals surface area (Å²) < 4.78 is 0. The van der Waals surface area contributed by atoms with Crippen molar-refractivity contribution in [2.45, 2.75) is 45.2 Å². The zero-order valence-electron chi connectivity index (χ0n) is 16.0. The molecule has 28 heavy (non-hydrogen) atoms. The van der Waals surface area contributed by atoms with E-state index in [4.69, 9.17) is 0 Å². The zero-order chi connectivity index (χ0) is 19.9. The van der Waals surface area contributed by atoms with Crippen molar-refractivity contribution in [3.63, 3.8) is 0 Å². The van der Waals surface area contributed by atoms with Crippen molar-refractivity contribution < 1.29 is 14.4 Å². The summed E-state index contributed by atoms with van der Waals surface area (Å²) in [6.45, 7) is 2.37. The van der Waals surface area contributed by atoms with E-state index in [2.05, 4.69) is 16.0 Å². The van der Waals surface area contributed by atoms with Crippen molar-refractivity contribution in [2.75, 3.05) is 5.32 Å². The fourth-order valence-electron chi connectivity index (χ4n) is 3.37. The van der Waals surface area contributed by atoms with Crippen molar-refractivity contribution in [3.8, 4) is 0 Å². The van der Waals surface area contributed by atoms with Crippen molar-refractivity contribution in [3.05, 3.63) is 65.2 Å². The number of rotatable bonds is 5. The standard InChI is InChI=1S/C22H25N3O3/c1-15-8-2-3-9-16(15)14-23-20(26)18-12-6-7-13-19(18)25-22(28)21(27)24-17-10-4-5-11-17/h2-3,6-9,12-13,17H,4-5,10-11,14H2,1H3,(H,23,26)(H,24,27)(H,25,28). The van der Waals surface area contributed by atoms with E-state index >= 15 is 0 Å². The van der Waals surface area contributed by atoms with E-state index in [9.17, 15) is 14.4 Å². The first-order valence-electron chi connectivity index (χ1n) is 9.58. The normalized spacial score (nSPS) is 13.8. The molecule has 0 aromatic heterocycles. The fourth-order valence-corrected chi connectivity index (χ4v) is 3.37. The number of anilines is 1. The number of para-hydroxylation sites is 1. The van der Waals surface area contributed by atoms with Gasteiger partial charge in [0.1, 0.15) is 0 Å². The number of benzene rings is 2. The third-order valence-electron chi connectivity index (χ3n) is 5.02. The number of aryl methyl sites for hydroxylation is 1. The number of hydrogen-bond donors (Lipinski definition) is 3. The Morgan fingerprint density at radius 3 is 2.36 bits per heavy atom. The molecule has 0 unspecified atom stereocenters. The van der Waals surface area contributed by atoms with E-state index in [-0.39, 0.29) is 11.9 Å². The lowest BCUT2D eigenvalue weighted by atomic mass is 10.1. The summed E-state index contributed by atoms with van der Waals surface area (Å²) in [5.41, 5.74) is 2.75. The SMILES string of the molecule is Cc1ccccc1CNC(=O)c1ccccc1NC(=O)C(=O)NC1CCCC1. The summed E-state index contributed by atoms with van der Waals surface area (Å²) in [6, 6.07) is 14.5. The molecular weight excluding hydrogens is 354 g/mol. The number of nitrogens with one attached hydrogen (secondary N) is 3. The van der Waals surface area contributed by atoms with Crippen LogP contribution in [0.2, 0.25) is 0 Å². The Labute approximate surface area is 164 Å². The fraction of sp³-hybridized carbons (Fsp3) is 0.318. The second kappa shape index (κ2) is 9.17. The van der Waals surface area contributed by atoms with Gasteiger partial charge in [-0.05, 0) is 43.0 Å². The third kappa shape index (κ3) is 4.97. The first kappa shape index (κ1) is 19.6. The molecular formula is C22H25N3O3. The minimum Gasteiger partial charge on any atom is -0.348 e. The van der Waals surface area contributed by atoms with Gasteiger partial charge in [-0.2, -0.15) is 0 Å². The topological polar surface area (TPSA) is 87.3 Å². The first-order valence-corrected chi connectivity index (χ1v) is 9.58. The van der Waals surface area contributed by atoms with Gasteiger partial charge in [0.25, 0.3) is 5.91 Å². The van der Waals surface area contributed by atoms with Crippen LogP contribution in [0.15, 0.2) is 48.5 Å². The van der Waals surface area contributed by atoms with E-state index in [1.807, 2.05) is 31.2 Å². The highest BCUT2D eigenvalue weighted by molar-refractivity contribution is 6.40. The molecule has 0 spiro atoms. The summed E-state index contributed by atoms with van der Waals surface area (Å²) in [4.78, 5) is 37.0. The third-order valence-corrected chi connectivity index (χ3v) is 5.02. The van der Waals surface area contributed by atoms with E-state index in [1.54, 1.807) is 24.3 Å². The Hall–Kier alpha value is -3.15. The second-order valence-electron chi connectivity index (χ2n) is 7.06. The molecule has 0 heterocycles. The van der Waals surface area contributed by atoms with E-state index in [0.717, 1.165) is 36.8 Å². The van der Waals surface area contributed by atoms with Gasteiger partial charge < -0.3 is 16.0 Å². The van der Waals surface area contributed by atoms with Crippen molar-refractivity contribution >= 4 is 23.4 Å². The van der Waals surface area contributed by atoms with Gasteiger partial charge in [-0.3, -0.25) is 14.4 Å². The van der Waals surface area contributed by atoms with Crippen LogP contribution in [0, 0.1) is 6.92 Å². The first-order chi connectivity index (χ1) is 13.5. The van der Waals surface area contributed by atoms with Gasteiger partial charge in [0, 0.05) is 12.6 Å². The minimum atomic E-state index is -0.758. The molecule has 1 saturated carbocycles. The maximum Gasteiger partial charge on any atom is 0.313 e. The molecule has 146 valence electrons. The van der Waals surface area contributed by atoms with Crippen LogP contribution in [0.25, 0.3) is 0 Å². The van der Waals surface area contributed by atoms with Crippen molar-refractivity contribution in [1.82, 2.24) is 10.6 Å². The molecule has 1 fully saturated rings. The van der Waals surface area contributed by atoms with E-state index in [0.29, 0.717) is 17.8 Å². The lowest BCUT2D eigenvalue weighted by Gasteiger charge is -2.14. The monoisotopic (exact) mass is 379 g/mol.